The van der Waals surface area contributed by atoms with E-state index in [1.165, 1.54) is 7.11 Å². The van der Waals surface area contributed by atoms with Crippen LogP contribution in [0.1, 0.15) is 24.2 Å². The number of esters is 1. The van der Waals surface area contributed by atoms with E-state index < -0.39 is 0 Å². The highest BCUT2D eigenvalue weighted by Crippen LogP contribution is 2.17. The van der Waals surface area contributed by atoms with E-state index >= 15 is 0 Å². The second-order valence-corrected chi connectivity index (χ2v) is 4.39. The second kappa shape index (κ2) is 5.04. The van der Waals surface area contributed by atoms with Gasteiger partial charge in [-0.25, -0.2) is 9.78 Å². The van der Waals surface area contributed by atoms with E-state index in [1.54, 1.807) is 12.1 Å². The number of nitrogens with one attached hydrogen (secondary N) is 1. The van der Waals surface area contributed by atoms with Gasteiger partial charge in [0.2, 0.25) is 0 Å². The van der Waals surface area contributed by atoms with Crippen LogP contribution in [0.2, 0.25) is 0 Å². The Morgan fingerprint density at radius 2 is 2.00 bits per heavy atom. The minimum atomic E-state index is -0.346. The number of anilines is 1. The highest BCUT2D eigenvalue weighted by molar-refractivity contribution is 5.94. The molecular weight excluding hydrogens is 228 g/mol. The van der Waals surface area contributed by atoms with E-state index in [0.717, 1.165) is 16.7 Å². The first-order chi connectivity index (χ1) is 8.60. The van der Waals surface area contributed by atoms with Crippen molar-refractivity contribution in [1.82, 2.24) is 4.98 Å². The SMILES string of the molecule is COC(=O)c1ccc2ccc(NC(C)C)nc2c1. The Balaban J connectivity index is 2.43. The van der Waals surface area contributed by atoms with Crippen molar-refractivity contribution in [3.8, 4) is 0 Å². The molecule has 2 aromatic rings. The Hall–Kier alpha value is -2.10. The molecule has 1 N–H and O–H groups in total. The predicted octanol–water partition coefficient (Wildman–Crippen LogP) is 2.84. The number of rotatable bonds is 3. The Bertz CT molecular complexity index is 579. The fraction of sp³-hybridized carbons (Fsp3) is 0.286. The molecule has 0 aliphatic rings. The minimum absolute atomic E-state index is 0.318. The maximum Gasteiger partial charge on any atom is 0.337 e. The van der Waals surface area contributed by atoms with E-state index in [4.69, 9.17) is 4.74 Å². The average molecular weight is 244 g/mol. The number of aromatic nitrogens is 1. The second-order valence-electron chi connectivity index (χ2n) is 4.39. The monoisotopic (exact) mass is 244 g/mol. The van der Waals surface area contributed by atoms with Crippen molar-refractivity contribution in [2.75, 3.05) is 12.4 Å². The molecule has 0 amide bonds. The number of hydrogen-bond donors (Lipinski definition) is 1. The summed E-state index contributed by atoms with van der Waals surface area (Å²) >= 11 is 0. The minimum Gasteiger partial charge on any atom is -0.465 e. The van der Waals surface area contributed by atoms with Gasteiger partial charge in [-0.05, 0) is 38.1 Å². The van der Waals surface area contributed by atoms with Crippen LogP contribution in [0.25, 0.3) is 10.9 Å². The molecule has 0 aliphatic carbocycles. The van der Waals surface area contributed by atoms with E-state index in [-0.39, 0.29) is 5.97 Å². The molecule has 1 heterocycles. The Morgan fingerprint density at radius 1 is 1.28 bits per heavy atom. The summed E-state index contributed by atoms with van der Waals surface area (Å²) in [5, 5.41) is 4.23. The van der Waals surface area contributed by atoms with Crippen LogP contribution in [0.5, 0.6) is 0 Å². The number of methoxy groups -OCH3 is 1. The first-order valence-electron chi connectivity index (χ1n) is 5.86. The molecule has 1 aromatic carbocycles. The third-order valence-electron chi connectivity index (χ3n) is 2.55. The first kappa shape index (κ1) is 12.4. The highest BCUT2D eigenvalue weighted by atomic mass is 16.5. The zero-order chi connectivity index (χ0) is 13.1. The molecule has 0 atom stereocenters. The van der Waals surface area contributed by atoms with Gasteiger partial charge in [-0.3, -0.25) is 0 Å². The Morgan fingerprint density at radius 3 is 2.67 bits per heavy atom. The quantitative estimate of drug-likeness (QED) is 0.843. The van der Waals surface area contributed by atoms with Gasteiger partial charge in [0.15, 0.2) is 0 Å². The van der Waals surface area contributed by atoms with Crippen molar-refractivity contribution in [1.29, 1.82) is 0 Å². The van der Waals surface area contributed by atoms with Gasteiger partial charge in [0.1, 0.15) is 5.82 Å². The molecule has 0 bridgehead atoms. The highest BCUT2D eigenvalue weighted by Gasteiger charge is 2.07. The largest absolute Gasteiger partial charge is 0.465 e. The van der Waals surface area contributed by atoms with Crippen LogP contribution in [0.3, 0.4) is 0 Å². The van der Waals surface area contributed by atoms with E-state index in [2.05, 4.69) is 24.1 Å². The fourth-order valence-corrected chi connectivity index (χ4v) is 1.74. The summed E-state index contributed by atoms with van der Waals surface area (Å²) in [6.07, 6.45) is 0. The smallest absolute Gasteiger partial charge is 0.337 e. The molecule has 1 aromatic heterocycles. The number of nitrogens with zero attached hydrogens (tertiary/aromatic N) is 1. The van der Waals surface area contributed by atoms with Gasteiger partial charge in [0.05, 0.1) is 18.2 Å². The number of carbonyl (C=O) groups is 1. The molecule has 0 spiro atoms. The standard InChI is InChI=1S/C14H16N2O2/c1-9(2)15-13-7-6-10-4-5-11(14(17)18-3)8-12(10)16-13/h4-9H,1-3H3,(H,15,16). The van der Waals surface area contributed by atoms with Crippen molar-refractivity contribution in [3.63, 3.8) is 0 Å². The zero-order valence-electron chi connectivity index (χ0n) is 10.7. The topological polar surface area (TPSA) is 51.2 Å². The zero-order valence-corrected chi connectivity index (χ0v) is 10.7. The number of hydrogen-bond acceptors (Lipinski definition) is 4. The molecule has 0 fully saturated rings. The van der Waals surface area contributed by atoms with Crippen molar-refractivity contribution < 1.29 is 9.53 Å². The molecule has 0 saturated carbocycles. The Kier molecular flexibility index (Phi) is 3.46. The number of benzene rings is 1. The van der Waals surface area contributed by atoms with Crippen LogP contribution in [0, 0.1) is 0 Å². The van der Waals surface area contributed by atoms with Gasteiger partial charge in [-0.15, -0.1) is 0 Å². The number of ether oxygens (including phenoxy) is 1. The van der Waals surface area contributed by atoms with Crippen LogP contribution in [-0.4, -0.2) is 24.1 Å². The van der Waals surface area contributed by atoms with Crippen LogP contribution >= 0.6 is 0 Å². The van der Waals surface area contributed by atoms with Gasteiger partial charge in [-0.1, -0.05) is 6.07 Å². The third-order valence-corrected chi connectivity index (χ3v) is 2.55. The Labute approximate surface area is 106 Å². The molecule has 94 valence electrons. The summed E-state index contributed by atoms with van der Waals surface area (Å²) in [5.74, 6) is 0.459. The van der Waals surface area contributed by atoms with Gasteiger partial charge < -0.3 is 10.1 Å². The fourth-order valence-electron chi connectivity index (χ4n) is 1.74. The maximum absolute atomic E-state index is 11.5. The summed E-state index contributed by atoms with van der Waals surface area (Å²) in [5.41, 5.74) is 1.29. The molecule has 18 heavy (non-hydrogen) atoms. The third kappa shape index (κ3) is 2.59. The molecule has 0 saturated heterocycles. The van der Waals surface area contributed by atoms with Crippen molar-refractivity contribution in [2.24, 2.45) is 0 Å². The van der Waals surface area contributed by atoms with Crippen LogP contribution < -0.4 is 5.32 Å². The van der Waals surface area contributed by atoms with Gasteiger partial charge in [0, 0.05) is 11.4 Å². The number of pyridine rings is 1. The van der Waals surface area contributed by atoms with Crippen molar-refractivity contribution >= 4 is 22.7 Å². The summed E-state index contributed by atoms with van der Waals surface area (Å²) in [6, 6.07) is 9.58. The molecule has 0 aliphatic heterocycles. The van der Waals surface area contributed by atoms with Crippen molar-refractivity contribution in [2.45, 2.75) is 19.9 Å². The lowest BCUT2D eigenvalue weighted by Crippen LogP contribution is -2.10. The van der Waals surface area contributed by atoms with Gasteiger partial charge in [0.25, 0.3) is 0 Å². The van der Waals surface area contributed by atoms with E-state index in [1.807, 2.05) is 18.2 Å². The molecule has 2 rings (SSSR count). The van der Waals surface area contributed by atoms with E-state index in [0.29, 0.717) is 11.6 Å². The predicted molar refractivity (Wildman–Crippen MR) is 71.8 cm³/mol. The lowest BCUT2D eigenvalue weighted by molar-refractivity contribution is 0.0601. The normalized spacial score (nSPS) is 10.7. The molecule has 0 unspecified atom stereocenters. The van der Waals surface area contributed by atoms with Crippen LogP contribution in [0.15, 0.2) is 30.3 Å². The van der Waals surface area contributed by atoms with Crippen LogP contribution in [-0.2, 0) is 4.74 Å². The summed E-state index contributed by atoms with van der Waals surface area (Å²) in [7, 11) is 1.37. The summed E-state index contributed by atoms with van der Waals surface area (Å²) in [6.45, 7) is 4.10. The summed E-state index contributed by atoms with van der Waals surface area (Å²) < 4.78 is 4.70. The number of carbonyl (C=O) groups excluding carboxylic acids is 1. The number of fused-ring (bicyclic) bond motifs is 1. The molecule has 4 heteroatoms. The van der Waals surface area contributed by atoms with Crippen LogP contribution in [0.4, 0.5) is 5.82 Å². The van der Waals surface area contributed by atoms with Gasteiger partial charge in [-0.2, -0.15) is 0 Å². The first-order valence-corrected chi connectivity index (χ1v) is 5.86. The average Bonchev–Trinajstić information content (AvgIpc) is 2.36. The lowest BCUT2D eigenvalue weighted by Gasteiger charge is -2.09. The van der Waals surface area contributed by atoms with Gasteiger partial charge >= 0.3 is 5.97 Å². The van der Waals surface area contributed by atoms with E-state index in [9.17, 15) is 4.79 Å². The van der Waals surface area contributed by atoms with Crippen molar-refractivity contribution in [3.05, 3.63) is 35.9 Å². The molecular formula is C14H16N2O2. The summed E-state index contributed by atoms with van der Waals surface area (Å²) in [4.78, 5) is 15.9. The molecule has 0 radical (unpaired) electrons. The maximum atomic E-state index is 11.5. The molecule has 4 nitrogen and oxygen atoms in total. The lowest BCUT2D eigenvalue weighted by atomic mass is 10.1.